The Bertz CT molecular complexity index is 632. The molecule has 0 saturated heterocycles. The maximum atomic E-state index is 12.4. The van der Waals surface area contributed by atoms with Crippen molar-refractivity contribution >= 4 is 5.97 Å². The lowest BCUT2D eigenvalue weighted by atomic mass is 9.91. The van der Waals surface area contributed by atoms with Gasteiger partial charge in [0.1, 0.15) is 0 Å². The van der Waals surface area contributed by atoms with Gasteiger partial charge < -0.3 is 20.3 Å². The first-order valence-corrected chi connectivity index (χ1v) is 7.88. The van der Waals surface area contributed by atoms with Crippen LogP contribution in [-0.4, -0.2) is 30.3 Å². The molecule has 27 heavy (non-hydrogen) atoms. The number of aryl methyl sites for hydroxylation is 1. The molecule has 0 radical (unpaired) electrons. The van der Waals surface area contributed by atoms with Crippen LogP contribution in [0.2, 0.25) is 0 Å². The molecule has 2 atom stereocenters. The van der Waals surface area contributed by atoms with Gasteiger partial charge in [-0.1, -0.05) is 13.0 Å². The van der Waals surface area contributed by atoms with Crippen molar-refractivity contribution in [2.75, 3.05) is 6.54 Å². The van der Waals surface area contributed by atoms with Crippen LogP contribution in [0.5, 0.6) is 11.5 Å². The Labute approximate surface area is 151 Å². The topological polar surface area (TPSA) is 81.8 Å². The van der Waals surface area contributed by atoms with Crippen LogP contribution < -0.4 is 15.2 Å². The highest BCUT2D eigenvalue weighted by Gasteiger charge is 2.36. The molecule has 0 aliphatic rings. The molecular weight excluding hydrogens is 384 g/mol. The summed E-state index contributed by atoms with van der Waals surface area (Å²) >= 11 is 0. The summed E-state index contributed by atoms with van der Waals surface area (Å²) in [5.74, 6) is -4.11. The fourth-order valence-corrected chi connectivity index (χ4v) is 2.44. The Balaban J connectivity index is 2.86. The molecule has 0 spiro atoms. The Morgan fingerprint density at radius 2 is 1.67 bits per heavy atom. The van der Waals surface area contributed by atoms with Crippen molar-refractivity contribution < 1.29 is 45.7 Å². The van der Waals surface area contributed by atoms with Crippen molar-refractivity contribution in [2.24, 2.45) is 17.6 Å². The van der Waals surface area contributed by atoms with Gasteiger partial charge in [0.25, 0.3) is 0 Å². The second-order valence-electron chi connectivity index (χ2n) is 6.03. The summed E-state index contributed by atoms with van der Waals surface area (Å²) in [5.41, 5.74) is 5.65. The number of carboxylic acid groups (broad SMARTS) is 1. The van der Waals surface area contributed by atoms with Crippen LogP contribution in [0.3, 0.4) is 0 Å². The minimum absolute atomic E-state index is 0.0489. The van der Waals surface area contributed by atoms with Crippen LogP contribution in [0.4, 0.5) is 26.3 Å². The molecule has 0 saturated carbocycles. The third-order valence-corrected chi connectivity index (χ3v) is 3.71. The van der Waals surface area contributed by atoms with Gasteiger partial charge in [0.15, 0.2) is 11.5 Å². The molecule has 0 aromatic heterocycles. The number of hydrogen-bond donors (Lipinski definition) is 2. The number of alkyl halides is 6. The standard InChI is InChI=1S/C16H19F6NO4/c1-9(6-11(8-23)14(24)25)2-3-10-4-5-12(26-15(17,18)19)13(7-10)27-16(20,21)22/h4-5,7,9,11H,2-3,6,8,23H2,1H3,(H,24,25). The number of benzene rings is 1. The first-order valence-electron chi connectivity index (χ1n) is 7.88. The molecule has 1 aromatic rings. The summed E-state index contributed by atoms with van der Waals surface area (Å²) in [6, 6.07) is 2.75. The first kappa shape index (κ1) is 22.9. The predicted octanol–water partition coefficient (Wildman–Crippen LogP) is 4.10. The van der Waals surface area contributed by atoms with Gasteiger partial charge in [-0.25, -0.2) is 0 Å². The summed E-state index contributed by atoms with van der Waals surface area (Å²) in [4.78, 5) is 11.0. The molecule has 154 valence electrons. The molecule has 0 amide bonds. The number of hydrogen-bond acceptors (Lipinski definition) is 4. The Morgan fingerprint density at radius 3 is 2.15 bits per heavy atom. The molecule has 0 aliphatic heterocycles. The molecule has 0 aliphatic carbocycles. The summed E-state index contributed by atoms with van der Waals surface area (Å²) in [6.45, 7) is 1.70. The maximum absolute atomic E-state index is 12.4. The fraction of sp³-hybridized carbons (Fsp3) is 0.562. The highest BCUT2D eigenvalue weighted by atomic mass is 19.4. The van der Waals surface area contributed by atoms with E-state index in [0.29, 0.717) is 6.42 Å². The van der Waals surface area contributed by atoms with Crippen LogP contribution in [0.15, 0.2) is 18.2 Å². The number of nitrogens with two attached hydrogens (primary N) is 1. The fourth-order valence-electron chi connectivity index (χ4n) is 2.44. The second kappa shape index (κ2) is 9.16. The van der Waals surface area contributed by atoms with Crippen molar-refractivity contribution in [3.8, 4) is 11.5 Å². The SMILES string of the molecule is CC(CCc1ccc(OC(F)(F)F)c(OC(F)(F)F)c1)CC(CN)C(=O)O. The number of rotatable bonds is 9. The van der Waals surface area contributed by atoms with Crippen LogP contribution in [0.1, 0.15) is 25.3 Å². The molecule has 11 heteroatoms. The van der Waals surface area contributed by atoms with E-state index in [1.54, 1.807) is 6.92 Å². The van der Waals surface area contributed by atoms with E-state index in [0.717, 1.165) is 12.1 Å². The average Bonchev–Trinajstić information content (AvgIpc) is 2.49. The lowest BCUT2D eigenvalue weighted by Crippen LogP contribution is -2.25. The minimum Gasteiger partial charge on any atom is -0.481 e. The van der Waals surface area contributed by atoms with Gasteiger partial charge in [-0.05, 0) is 42.9 Å². The Morgan fingerprint density at radius 1 is 1.11 bits per heavy atom. The van der Waals surface area contributed by atoms with Crippen LogP contribution in [0, 0.1) is 11.8 Å². The monoisotopic (exact) mass is 403 g/mol. The van der Waals surface area contributed by atoms with E-state index >= 15 is 0 Å². The van der Waals surface area contributed by atoms with Crippen molar-refractivity contribution in [1.82, 2.24) is 0 Å². The number of carboxylic acids is 1. The second-order valence-corrected chi connectivity index (χ2v) is 6.03. The maximum Gasteiger partial charge on any atom is 0.573 e. The van der Waals surface area contributed by atoms with Crippen molar-refractivity contribution in [3.63, 3.8) is 0 Å². The molecule has 3 N–H and O–H groups in total. The lowest BCUT2D eigenvalue weighted by molar-refractivity contribution is -0.287. The van der Waals surface area contributed by atoms with E-state index < -0.39 is 36.1 Å². The molecule has 2 unspecified atom stereocenters. The molecule has 1 aromatic carbocycles. The van der Waals surface area contributed by atoms with Gasteiger partial charge >= 0.3 is 18.7 Å². The minimum atomic E-state index is -5.19. The summed E-state index contributed by atoms with van der Waals surface area (Å²) < 4.78 is 81.4. The lowest BCUT2D eigenvalue weighted by Gasteiger charge is -2.18. The normalized spacial score (nSPS) is 14.5. The molecular formula is C16H19F6NO4. The van der Waals surface area contributed by atoms with Crippen LogP contribution in [0.25, 0.3) is 0 Å². The van der Waals surface area contributed by atoms with Gasteiger partial charge in [-0.15, -0.1) is 26.3 Å². The quantitative estimate of drug-likeness (QED) is 0.607. The molecule has 5 nitrogen and oxygen atoms in total. The van der Waals surface area contributed by atoms with Crippen molar-refractivity contribution in [2.45, 2.75) is 38.9 Å². The highest BCUT2D eigenvalue weighted by molar-refractivity contribution is 5.70. The van der Waals surface area contributed by atoms with E-state index in [1.807, 2.05) is 0 Å². The van der Waals surface area contributed by atoms with Crippen molar-refractivity contribution in [1.29, 1.82) is 0 Å². The van der Waals surface area contributed by atoms with E-state index in [2.05, 4.69) is 9.47 Å². The molecule has 1 rings (SSSR count). The number of carbonyl (C=O) groups is 1. The number of halogens is 6. The Hall–Kier alpha value is -2.17. The van der Waals surface area contributed by atoms with Gasteiger partial charge in [0.2, 0.25) is 0 Å². The van der Waals surface area contributed by atoms with E-state index in [-0.39, 0.29) is 30.9 Å². The third kappa shape index (κ3) is 8.85. The third-order valence-electron chi connectivity index (χ3n) is 3.71. The number of aliphatic carboxylic acids is 1. The molecule has 0 bridgehead atoms. The predicted molar refractivity (Wildman–Crippen MR) is 82.1 cm³/mol. The summed E-state index contributed by atoms with van der Waals surface area (Å²) in [5, 5.41) is 8.97. The molecule has 0 heterocycles. The zero-order valence-corrected chi connectivity index (χ0v) is 14.2. The van der Waals surface area contributed by atoms with E-state index in [4.69, 9.17) is 10.8 Å². The van der Waals surface area contributed by atoms with Gasteiger partial charge in [0, 0.05) is 6.54 Å². The van der Waals surface area contributed by atoms with Crippen LogP contribution in [-0.2, 0) is 11.2 Å². The summed E-state index contributed by atoms with van der Waals surface area (Å²) in [7, 11) is 0. The average molecular weight is 403 g/mol. The smallest absolute Gasteiger partial charge is 0.481 e. The largest absolute Gasteiger partial charge is 0.573 e. The Kier molecular flexibility index (Phi) is 7.76. The summed E-state index contributed by atoms with van der Waals surface area (Å²) in [6.07, 6.45) is -9.49. The van der Waals surface area contributed by atoms with Gasteiger partial charge in [-0.3, -0.25) is 4.79 Å². The zero-order valence-electron chi connectivity index (χ0n) is 14.2. The number of ether oxygens (including phenoxy) is 2. The van der Waals surface area contributed by atoms with Crippen LogP contribution >= 0.6 is 0 Å². The van der Waals surface area contributed by atoms with E-state index in [1.165, 1.54) is 6.07 Å². The molecule has 0 fully saturated rings. The first-order chi connectivity index (χ1) is 12.3. The van der Waals surface area contributed by atoms with Crippen molar-refractivity contribution in [3.05, 3.63) is 23.8 Å². The van der Waals surface area contributed by atoms with Gasteiger partial charge in [-0.2, -0.15) is 0 Å². The van der Waals surface area contributed by atoms with Gasteiger partial charge in [0.05, 0.1) is 5.92 Å². The zero-order chi connectivity index (χ0) is 20.8. The van der Waals surface area contributed by atoms with E-state index in [9.17, 15) is 31.1 Å². The highest BCUT2D eigenvalue weighted by Crippen LogP contribution is 2.36.